The topological polar surface area (TPSA) is 78.9 Å². The average molecular weight is 889 g/mol. The molecule has 0 amide bonds. The van der Waals surface area contributed by atoms with Gasteiger partial charge in [-0.15, -0.1) is 0 Å². The summed E-state index contributed by atoms with van der Waals surface area (Å²) in [5.74, 6) is -1.02. The summed E-state index contributed by atoms with van der Waals surface area (Å²) in [6.07, 6.45) is 68.3. The number of ether oxygens (including phenoxy) is 3. The molecule has 0 radical (unpaired) electrons. The second kappa shape index (κ2) is 52.0. The molecular formula is C58H96O6. The zero-order chi connectivity index (χ0) is 46.5. The third kappa shape index (κ3) is 49.3. The van der Waals surface area contributed by atoms with Crippen LogP contribution in [0.3, 0.4) is 0 Å². The Morgan fingerprint density at radius 3 is 1.11 bits per heavy atom. The number of esters is 3. The molecule has 64 heavy (non-hydrogen) atoms. The minimum atomic E-state index is -0.824. The molecule has 364 valence electrons. The lowest BCUT2D eigenvalue weighted by molar-refractivity contribution is -0.166. The molecule has 0 aromatic rings. The molecule has 0 aliphatic carbocycles. The van der Waals surface area contributed by atoms with Crippen LogP contribution in [0, 0.1) is 0 Å². The molecule has 0 aromatic carbocycles. The molecule has 1 unspecified atom stereocenters. The Morgan fingerprint density at radius 2 is 0.703 bits per heavy atom. The summed E-state index contributed by atoms with van der Waals surface area (Å²) < 4.78 is 16.7. The number of carbonyl (C=O) groups excluding carboxylic acids is 3. The van der Waals surface area contributed by atoms with Crippen LogP contribution in [-0.4, -0.2) is 37.2 Å². The summed E-state index contributed by atoms with van der Waals surface area (Å²) in [7, 11) is 0. The first kappa shape index (κ1) is 60.3. The van der Waals surface area contributed by atoms with Gasteiger partial charge in [-0.1, -0.05) is 234 Å². The molecule has 0 aliphatic heterocycles. The molecule has 0 spiro atoms. The number of rotatable bonds is 46. The van der Waals surface area contributed by atoms with Crippen LogP contribution in [0.4, 0.5) is 0 Å². The molecule has 0 fully saturated rings. The molecule has 0 rings (SSSR count). The van der Waals surface area contributed by atoms with Gasteiger partial charge in [0.25, 0.3) is 0 Å². The zero-order valence-electron chi connectivity index (χ0n) is 41.5. The van der Waals surface area contributed by atoms with Crippen LogP contribution in [0.25, 0.3) is 0 Å². The van der Waals surface area contributed by atoms with E-state index in [-0.39, 0.29) is 31.6 Å². The first-order valence-electron chi connectivity index (χ1n) is 26.3. The Bertz CT molecular complexity index is 1300. The molecule has 6 heteroatoms. The molecule has 1 atom stereocenters. The fourth-order valence-corrected chi connectivity index (χ4v) is 6.96. The van der Waals surface area contributed by atoms with Crippen molar-refractivity contribution < 1.29 is 28.6 Å². The number of hydrogen-bond acceptors (Lipinski definition) is 6. The van der Waals surface area contributed by atoms with Gasteiger partial charge in [-0.3, -0.25) is 14.4 Å². The summed E-state index contributed by atoms with van der Waals surface area (Å²) in [5, 5.41) is 0. The quantitative estimate of drug-likeness (QED) is 0.0199. The van der Waals surface area contributed by atoms with Crippen molar-refractivity contribution in [2.75, 3.05) is 13.2 Å². The maximum absolute atomic E-state index is 12.8. The fraction of sp³-hybridized carbons (Fsp3) is 0.672. The lowest BCUT2D eigenvalue weighted by Gasteiger charge is -2.18. The highest BCUT2D eigenvalue weighted by Crippen LogP contribution is 2.14. The van der Waals surface area contributed by atoms with Crippen LogP contribution in [0.1, 0.15) is 233 Å². The summed E-state index contributed by atoms with van der Waals surface area (Å²) in [5.41, 5.74) is 0. The van der Waals surface area contributed by atoms with Gasteiger partial charge in [0.2, 0.25) is 0 Å². The number of hydrogen-bond donors (Lipinski definition) is 0. The molecule has 0 aliphatic rings. The van der Waals surface area contributed by atoms with Crippen LogP contribution in [0.2, 0.25) is 0 Å². The molecule has 0 bridgehead atoms. The predicted octanol–water partition coefficient (Wildman–Crippen LogP) is 17.4. The Labute approximate surface area is 394 Å². The third-order valence-electron chi connectivity index (χ3n) is 10.9. The van der Waals surface area contributed by atoms with E-state index in [9.17, 15) is 14.4 Å². The van der Waals surface area contributed by atoms with Crippen molar-refractivity contribution in [3.8, 4) is 0 Å². The second-order valence-corrected chi connectivity index (χ2v) is 17.1. The van der Waals surface area contributed by atoms with Gasteiger partial charge in [0.15, 0.2) is 6.10 Å². The lowest BCUT2D eigenvalue weighted by atomic mass is 10.0. The van der Waals surface area contributed by atoms with E-state index in [0.29, 0.717) is 19.3 Å². The molecule has 6 nitrogen and oxygen atoms in total. The summed E-state index contributed by atoms with van der Waals surface area (Å²) in [4.78, 5) is 38.0. The van der Waals surface area contributed by atoms with Gasteiger partial charge in [0.1, 0.15) is 13.2 Å². The monoisotopic (exact) mass is 889 g/mol. The van der Waals surface area contributed by atoms with E-state index in [1.807, 2.05) is 12.2 Å². The van der Waals surface area contributed by atoms with Gasteiger partial charge in [0.05, 0.1) is 0 Å². The first-order chi connectivity index (χ1) is 31.5. The number of unbranched alkanes of at least 4 members (excludes halogenated alkanes) is 21. The standard InChI is InChI=1S/C58H96O6/c1-4-7-10-13-16-19-22-25-27-29-30-32-33-36-39-42-45-48-51-57(60)63-54-55(53-62-56(59)50-47-44-41-38-35-24-21-18-15-12-9-6-3)64-58(61)52-49-46-43-40-37-34-31-28-26-23-20-17-14-11-8-5-2/h8,11,17,20,22,25-30,32,34,37,43,46,55H,4-7,9-10,12-16,18-19,21,23-24,31,33,35-36,38-42,44-45,47-54H2,1-3H3/b11-8-,20-17-,25-22-,28-26-,29-27-,32-30-,37-34-,46-43-. The fourth-order valence-electron chi connectivity index (χ4n) is 6.96. The molecule has 0 N–H and O–H groups in total. The van der Waals surface area contributed by atoms with E-state index in [2.05, 4.69) is 106 Å². The highest BCUT2D eigenvalue weighted by Gasteiger charge is 2.19. The van der Waals surface area contributed by atoms with Crippen LogP contribution in [-0.2, 0) is 28.6 Å². The highest BCUT2D eigenvalue weighted by atomic mass is 16.6. The maximum atomic E-state index is 12.8. The van der Waals surface area contributed by atoms with Crippen LogP contribution >= 0.6 is 0 Å². The molecule has 0 saturated heterocycles. The summed E-state index contributed by atoms with van der Waals surface area (Å²) in [6, 6.07) is 0. The van der Waals surface area contributed by atoms with E-state index in [1.54, 1.807) is 0 Å². The lowest BCUT2D eigenvalue weighted by Crippen LogP contribution is -2.30. The Kier molecular flexibility index (Phi) is 49.0. The highest BCUT2D eigenvalue weighted by molar-refractivity contribution is 5.71. The Morgan fingerprint density at radius 1 is 0.344 bits per heavy atom. The number of allylic oxidation sites excluding steroid dienone is 16. The largest absolute Gasteiger partial charge is 0.462 e. The number of carbonyl (C=O) groups is 3. The van der Waals surface area contributed by atoms with Crippen LogP contribution in [0.15, 0.2) is 97.2 Å². The van der Waals surface area contributed by atoms with Crippen molar-refractivity contribution in [3.63, 3.8) is 0 Å². The minimum Gasteiger partial charge on any atom is -0.462 e. The van der Waals surface area contributed by atoms with Crippen molar-refractivity contribution in [1.82, 2.24) is 0 Å². The van der Waals surface area contributed by atoms with E-state index < -0.39 is 12.1 Å². The van der Waals surface area contributed by atoms with E-state index >= 15 is 0 Å². The smallest absolute Gasteiger partial charge is 0.306 e. The van der Waals surface area contributed by atoms with Gasteiger partial charge in [0, 0.05) is 19.3 Å². The molecule has 0 aromatic heterocycles. The normalized spacial score (nSPS) is 12.9. The van der Waals surface area contributed by atoms with Gasteiger partial charge >= 0.3 is 17.9 Å². The predicted molar refractivity (Wildman–Crippen MR) is 274 cm³/mol. The SMILES string of the molecule is CC/C=C\C/C=C\C/C=C\C/C=C\C/C=C\CCC(=O)OC(COC(=O)CCCCCCC\C=C/C=C\C=C/CCCCCCC)COC(=O)CCCCCCCCCCCCCC. The Hall–Kier alpha value is -3.67. The molecule has 0 heterocycles. The van der Waals surface area contributed by atoms with E-state index in [0.717, 1.165) is 96.3 Å². The van der Waals surface area contributed by atoms with Gasteiger partial charge < -0.3 is 14.2 Å². The van der Waals surface area contributed by atoms with Gasteiger partial charge in [-0.05, 0) is 77.0 Å². The van der Waals surface area contributed by atoms with E-state index in [1.165, 1.54) is 89.9 Å². The van der Waals surface area contributed by atoms with Crippen molar-refractivity contribution >= 4 is 17.9 Å². The zero-order valence-corrected chi connectivity index (χ0v) is 41.5. The summed E-state index contributed by atoms with van der Waals surface area (Å²) in [6.45, 7) is 6.42. The van der Waals surface area contributed by atoms with Gasteiger partial charge in [-0.25, -0.2) is 0 Å². The van der Waals surface area contributed by atoms with Crippen molar-refractivity contribution in [3.05, 3.63) is 97.2 Å². The minimum absolute atomic E-state index is 0.113. The van der Waals surface area contributed by atoms with E-state index in [4.69, 9.17) is 14.2 Å². The third-order valence-corrected chi connectivity index (χ3v) is 10.9. The maximum Gasteiger partial charge on any atom is 0.306 e. The second-order valence-electron chi connectivity index (χ2n) is 17.1. The van der Waals surface area contributed by atoms with Crippen molar-refractivity contribution in [2.24, 2.45) is 0 Å². The average Bonchev–Trinajstić information content (AvgIpc) is 3.29. The molecular weight excluding hydrogens is 793 g/mol. The van der Waals surface area contributed by atoms with Gasteiger partial charge in [-0.2, -0.15) is 0 Å². The first-order valence-corrected chi connectivity index (χ1v) is 26.3. The summed E-state index contributed by atoms with van der Waals surface area (Å²) >= 11 is 0. The van der Waals surface area contributed by atoms with Crippen molar-refractivity contribution in [2.45, 2.75) is 239 Å². The molecule has 0 saturated carbocycles. The van der Waals surface area contributed by atoms with Crippen LogP contribution in [0.5, 0.6) is 0 Å². The van der Waals surface area contributed by atoms with Crippen LogP contribution < -0.4 is 0 Å². The van der Waals surface area contributed by atoms with Crippen molar-refractivity contribution in [1.29, 1.82) is 0 Å². The Balaban J connectivity index is 4.53.